The number of ether oxygens (including phenoxy) is 2. The van der Waals surface area contributed by atoms with Gasteiger partial charge in [-0.1, -0.05) is 65.4 Å². The number of hydrogen-bond acceptors (Lipinski definition) is 5. The molecule has 5 nitrogen and oxygen atoms in total. The molecule has 0 aliphatic carbocycles. The number of hydrogen-bond donors (Lipinski definition) is 0. The van der Waals surface area contributed by atoms with Crippen LogP contribution in [0.15, 0.2) is 54.6 Å². The largest absolute Gasteiger partial charge is 0.494 e. The summed E-state index contributed by atoms with van der Waals surface area (Å²) in [6.45, 7) is 1.21. The van der Waals surface area contributed by atoms with Gasteiger partial charge in [-0.25, -0.2) is 4.98 Å². The molecule has 0 radical (unpaired) electrons. The number of methoxy groups -OCH3 is 1. The van der Waals surface area contributed by atoms with Crippen LogP contribution in [0.1, 0.15) is 18.4 Å². The summed E-state index contributed by atoms with van der Waals surface area (Å²) in [4.78, 5) is 20.2. The molecule has 1 aromatic heterocycles. The highest BCUT2D eigenvalue weighted by molar-refractivity contribution is 7.23. The molecule has 1 amide bonds. The zero-order valence-corrected chi connectivity index (χ0v) is 19.3. The van der Waals surface area contributed by atoms with E-state index >= 15 is 0 Å². The van der Waals surface area contributed by atoms with Gasteiger partial charge in [-0.2, -0.15) is 0 Å². The van der Waals surface area contributed by atoms with Crippen LogP contribution in [0.5, 0.6) is 5.75 Å². The predicted molar refractivity (Wildman–Crippen MR) is 130 cm³/mol. The Bertz CT molecular complexity index is 1280. The Labute approximate surface area is 195 Å². The molecule has 1 aliphatic rings. The Morgan fingerprint density at radius 1 is 1.22 bits per heavy atom. The molecule has 1 unspecified atom stereocenters. The quantitative estimate of drug-likeness (QED) is 0.357. The van der Waals surface area contributed by atoms with E-state index in [-0.39, 0.29) is 18.4 Å². The fourth-order valence-corrected chi connectivity index (χ4v) is 5.49. The van der Waals surface area contributed by atoms with Gasteiger partial charge in [0.2, 0.25) is 5.91 Å². The Balaban J connectivity index is 1.53. The Hall–Kier alpha value is -2.67. The van der Waals surface area contributed by atoms with E-state index in [0.717, 1.165) is 40.5 Å². The lowest BCUT2D eigenvalue weighted by Crippen LogP contribution is -2.38. The first-order valence-corrected chi connectivity index (χ1v) is 11.8. The van der Waals surface area contributed by atoms with Crippen molar-refractivity contribution in [3.63, 3.8) is 0 Å². The monoisotopic (exact) mass is 466 g/mol. The number of thiazole rings is 1. The molecule has 3 aromatic carbocycles. The molecule has 2 heterocycles. The van der Waals surface area contributed by atoms with Crippen LogP contribution in [0.3, 0.4) is 0 Å². The zero-order chi connectivity index (χ0) is 22.1. The van der Waals surface area contributed by atoms with Gasteiger partial charge in [0.15, 0.2) is 5.13 Å². The van der Waals surface area contributed by atoms with Crippen molar-refractivity contribution >= 4 is 55.0 Å². The number of benzene rings is 3. The Morgan fingerprint density at radius 3 is 2.88 bits per heavy atom. The average Bonchev–Trinajstić information content (AvgIpc) is 3.48. The maximum Gasteiger partial charge on any atom is 0.233 e. The van der Waals surface area contributed by atoms with Gasteiger partial charge in [-0.3, -0.25) is 9.69 Å². The van der Waals surface area contributed by atoms with E-state index in [0.29, 0.717) is 28.0 Å². The van der Waals surface area contributed by atoms with Crippen LogP contribution in [0.2, 0.25) is 5.02 Å². The highest BCUT2D eigenvalue weighted by Crippen LogP contribution is 2.39. The lowest BCUT2D eigenvalue weighted by Gasteiger charge is -2.23. The van der Waals surface area contributed by atoms with Crippen molar-refractivity contribution in [3.05, 3.63) is 65.2 Å². The van der Waals surface area contributed by atoms with E-state index in [4.69, 9.17) is 26.1 Å². The predicted octanol–water partition coefficient (Wildman–Crippen LogP) is 5.87. The molecule has 1 atom stereocenters. The van der Waals surface area contributed by atoms with Crippen molar-refractivity contribution in [2.45, 2.75) is 25.4 Å². The summed E-state index contributed by atoms with van der Waals surface area (Å²) >= 11 is 7.85. The molecule has 1 fully saturated rings. The van der Waals surface area contributed by atoms with Crippen molar-refractivity contribution in [3.8, 4) is 5.75 Å². The maximum absolute atomic E-state index is 13.6. The minimum Gasteiger partial charge on any atom is -0.494 e. The van der Waals surface area contributed by atoms with Crippen LogP contribution in [-0.4, -0.2) is 37.3 Å². The van der Waals surface area contributed by atoms with Crippen molar-refractivity contribution < 1.29 is 14.3 Å². The molecular formula is C25H23ClN2O3S. The van der Waals surface area contributed by atoms with Crippen LogP contribution in [-0.2, 0) is 16.0 Å². The number of rotatable bonds is 6. The van der Waals surface area contributed by atoms with E-state index < -0.39 is 0 Å². The Morgan fingerprint density at radius 2 is 2.06 bits per heavy atom. The van der Waals surface area contributed by atoms with E-state index in [2.05, 4.69) is 18.2 Å². The summed E-state index contributed by atoms with van der Waals surface area (Å²) < 4.78 is 12.1. The van der Waals surface area contributed by atoms with Crippen molar-refractivity contribution in [1.29, 1.82) is 0 Å². The van der Waals surface area contributed by atoms with Crippen LogP contribution in [0.4, 0.5) is 5.13 Å². The molecule has 0 spiro atoms. The number of aromatic nitrogens is 1. The average molecular weight is 467 g/mol. The number of carbonyl (C=O) groups is 1. The first kappa shape index (κ1) is 21.2. The van der Waals surface area contributed by atoms with Crippen LogP contribution in [0.25, 0.3) is 21.0 Å². The van der Waals surface area contributed by atoms with Gasteiger partial charge in [0.1, 0.15) is 11.3 Å². The molecule has 32 heavy (non-hydrogen) atoms. The molecule has 0 bridgehead atoms. The summed E-state index contributed by atoms with van der Waals surface area (Å²) in [6, 6.07) is 17.8. The normalized spacial score (nSPS) is 16.0. The third-order valence-corrected chi connectivity index (χ3v) is 7.37. The fraction of sp³-hybridized carbons (Fsp3) is 0.280. The molecule has 4 aromatic rings. The minimum atomic E-state index is -0.00833. The number of halogens is 1. The van der Waals surface area contributed by atoms with Gasteiger partial charge in [0.05, 0.1) is 35.9 Å². The second-order valence-corrected chi connectivity index (χ2v) is 9.26. The van der Waals surface area contributed by atoms with Gasteiger partial charge in [-0.05, 0) is 41.3 Å². The highest BCUT2D eigenvalue weighted by Gasteiger charge is 2.27. The SMILES string of the molecule is COc1ccc(Cl)c2sc(N(CC3CCCO3)C(=O)Cc3cccc4ccccc34)nc12. The van der Waals surface area contributed by atoms with Crippen molar-refractivity contribution in [1.82, 2.24) is 4.98 Å². The van der Waals surface area contributed by atoms with Gasteiger partial charge >= 0.3 is 0 Å². The van der Waals surface area contributed by atoms with E-state index in [1.54, 1.807) is 24.1 Å². The standard InChI is InChI=1S/C25H23ClN2O3S/c1-30-21-12-11-20(26)24-23(21)27-25(32-24)28(15-18-9-5-13-31-18)22(29)14-17-8-4-7-16-6-2-3-10-19(16)17/h2-4,6-8,10-12,18H,5,9,13-15H2,1H3. The maximum atomic E-state index is 13.6. The number of fused-ring (bicyclic) bond motifs is 2. The molecule has 164 valence electrons. The molecule has 0 N–H and O–H groups in total. The molecule has 7 heteroatoms. The van der Waals surface area contributed by atoms with Gasteiger partial charge < -0.3 is 9.47 Å². The zero-order valence-electron chi connectivity index (χ0n) is 17.7. The van der Waals surface area contributed by atoms with E-state index in [9.17, 15) is 4.79 Å². The summed E-state index contributed by atoms with van der Waals surface area (Å²) in [5.41, 5.74) is 1.68. The topological polar surface area (TPSA) is 51.7 Å². The molecule has 0 saturated carbocycles. The second kappa shape index (κ2) is 9.06. The number of nitrogens with zero attached hydrogens (tertiary/aromatic N) is 2. The smallest absolute Gasteiger partial charge is 0.233 e. The second-order valence-electron chi connectivity index (χ2n) is 7.88. The lowest BCUT2D eigenvalue weighted by molar-refractivity contribution is -0.118. The number of carbonyl (C=O) groups excluding carboxylic acids is 1. The van der Waals surface area contributed by atoms with Crippen LogP contribution in [0, 0.1) is 0 Å². The van der Waals surface area contributed by atoms with Crippen LogP contribution >= 0.6 is 22.9 Å². The summed E-state index contributed by atoms with van der Waals surface area (Å²) in [6.07, 6.45) is 2.24. The van der Waals surface area contributed by atoms with E-state index in [1.165, 1.54) is 11.3 Å². The van der Waals surface area contributed by atoms with Crippen molar-refractivity contribution in [2.24, 2.45) is 0 Å². The van der Waals surface area contributed by atoms with Gasteiger partial charge in [-0.15, -0.1) is 0 Å². The summed E-state index contributed by atoms with van der Waals surface area (Å²) in [5.74, 6) is 0.636. The highest BCUT2D eigenvalue weighted by atomic mass is 35.5. The molecule has 1 aliphatic heterocycles. The van der Waals surface area contributed by atoms with Crippen LogP contribution < -0.4 is 9.64 Å². The Kier molecular flexibility index (Phi) is 6.00. The number of anilines is 1. The van der Waals surface area contributed by atoms with Gasteiger partial charge in [0, 0.05) is 6.61 Å². The fourth-order valence-electron chi connectivity index (χ4n) is 4.20. The summed E-state index contributed by atoms with van der Waals surface area (Å²) in [7, 11) is 1.61. The first-order chi connectivity index (χ1) is 15.6. The van der Waals surface area contributed by atoms with Gasteiger partial charge in [0.25, 0.3) is 0 Å². The summed E-state index contributed by atoms with van der Waals surface area (Å²) in [5, 5.41) is 3.43. The molecular weight excluding hydrogens is 444 g/mol. The third kappa shape index (κ3) is 4.06. The lowest BCUT2D eigenvalue weighted by atomic mass is 10.0. The van der Waals surface area contributed by atoms with E-state index in [1.807, 2.05) is 24.3 Å². The molecule has 1 saturated heterocycles. The van der Waals surface area contributed by atoms with Crippen molar-refractivity contribution in [2.75, 3.05) is 25.2 Å². The number of amides is 1. The minimum absolute atomic E-state index is 0.00833. The third-order valence-electron chi connectivity index (χ3n) is 5.83. The molecule has 5 rings (SSSR count). The first-order valence-electron chi connectivity index (χ1n) is 10.7.